The molecular formula is C19H19FN4O3S. The highest BCUT2D eigenvalue weighted by atomic mass is 32.1. The first kappa shape index (κ1) is 19.7. The smallest absolute Gasteiger partial charge is 0.262 e. The maximum absolute atomic E-state index is 12.8. The number of nitrogens with one attached hydrogen (secondary N) is 2. The van der Waals surface area contributed by atoms with Crippen LogP contribution in [0.15, 0.2) is 35.4 Å². The van der Waals surface area contributed by atoms with Crippen molar-refractivity contribution in [1.82, 2.24) is 20.2 Å². The number of nitrogens with zero attached hydrogens (tertiary/aromatic N) is 2. The Morgan fingerprint density at radius 2 is 1.86 bits per heavy atom. The number of hydrogen-bond donors (Lipinski definition) is 2. The molecule has 2 amide bonds. The molecule has 146 valence electrons. The molecule has 2 aromatic heterocycles. The van der Waals surface area contributed by atoms with Crippen molar-refractivity contribution in [2.75, 3.05) is 6.54 Å². The van der Waals surface area contributed by atoms with E-state index < -0.39 is 5.91 Å². The number of amides is 2. The van der Waals surface area contributed by atoms with E-state index in [2.05, 4.69) is 15.6 Å². The second-order valence-corrected chi connectivity index (χ2v) is 7.52. The van der Waals surface area contributed by atoms with Crippen LogP contribution in [0.5, 0.6) is 0 Å². The lowest BCUT2D eigenvalue weighted by molar-refractivity contribution is -0.126. The summed E-state index contributed by atoms with van der Waals surface area (Å²) in [5.41, 5.74) is 1.34. The fraction of sp³-hybridized carbons (Fsp3) is 0.263. The molecule has 0 bridgehead atoms. The van der Waals surface area contributed by atoms with Gasteiger partial charge in [-0.25, -0.2) is 9.37 Å². The summed E-state index contributed by atoms with van der Waals surface area (Å²) in [4.78, 5) is 42.4. The second-order valence-electron chi connectivity index (χ2n) is 6.32. The lowest BCUT2D eigenvalue weighted by Crippen LogP contribution is -2.39. The fourth-order valence-corrected chi connectivity index (χ4v) is 3.62. The third kappa shape index (κ3) is 4.42. The van der Waals surface area contributed by atoms with Crippen LogP contribution >= 0.6 is 11.3 Å². The Morgan fingerprint density at radius 1 is 1.14 bits per heavy atom. The zero-order chi connectivity index (χ0) is 20.3. The van der Waals surface area contributed by atoms with E-state index in [0.29, 0.717) is 10.2 Å². The van der Waals surface area contributed by atoms with Crippen LogP contribution in [0.25, 0.3) is 10.2 Å². The molecule has 2 N–H and O–H groups in total. The number of thiophene rings is 1. The summed E-state index contributed by atoms with van der Waals surface area (Å²) >= 11 is 1.44. The Labute approximate surface area is 164 Å². The number of hydrogen-bond acceptors (Lipinski definition) is 5. The third-order valence-electron chi connectivity index (χ3n) is 4.32. The van der Waals surface area contributed by atoms with E-state index in [1.165, 1.54) is 34.4 Å². The Morgan fingerprint density at radius 3 is 2.57 bits per heavy atom. The van der Waals surface area contributed by atoms with Crippen molar-refractivity contribution < 1.29 is 14.0 Å². The molecule has 0 fully saturated rings. The zero-order valence-corrected chi connectivity index (χ0v) is 16.2. The van der Waals surface area contributed by atoms with Crippen LogP contribution < -0.4 is 16.2 Å². The quantitative estimate of drug-likeness (QED) is 0.656. The van der Waals surface area contributed by atoms with Gasteiger partial charge in [0.2, 0.25) is 11.8 Å². The first-order chi connectivity index (χ1) is 13.3. The van der Waals surface area contributed by atoms with Crippen LogP contribution in [0.2, 0.25) is 0 Å². The van der Waals surface area contributed by atoms with E-state index in [1.807, 2.05) is 13.8 Å². The monoisotopic (exact) mass is 402 g/mol. The van der Waals surface area contributed by atoms with Crippen molar-refractivity contribution in [2.45, 2.75) is 26.9 Å². The van der Waals surface area contributed by atoms with Gasteiger partial charge in [0.15, 0.2) is 0 Å². The number of fused-ring (bicyclic) bond motifs is 1. The van der Waals surface area contributed by atoms with Crippen LogP contribution in [0.4, 0.5) is 4.39 Å². The van der Waals surface area contributed by atoms with E-state index in [4.69, 9.17) is 0 Å². The van der Waals surface area contributed by atoms with Crippen molar-refractivity contribution >= 4 is 33.4 Å². The van der Waals surface area contributed by atoms with Gasteiger partial charge in [0, 0.05) is 11.4 Å². The van der Waals surface area contributed by atoms with Gasteiger partial charge in [-0.15, -0.1) is 11.3 Å². The van der Waals surface area contributed by atoms with Crippen LogP contribution in [0, 0.1) is 19.7 Å². The SMILES string of the molecule is Cc1sc2ncn(CC(=O)NCC(=O)NCc3ccc(F)cc3)c(=O)c2c1C. The summed E-state index contributed by atoms with van der Waals surface area (Å²) in [7, 11) is 0. The maximum Gasteiger partial charge on any atom is 0.262 e. The molecule has 9 heteroatoms. The molecule has 0 radical (unpaired) electrons. The third-order valence-corrected chi connectivity index (χ3v) is 5.43. The van der Waals surface area contributed by atoms with Gasteiger partial charge in [0.05, 0.1) is 18.3 Å². The minimum Gasteiger partial charge on any atom is -0.350 e. The summed E-state index contributed by atoms with van der Waals surface area (Å²) < 4.78 is 14.1. The van der Waals surface area contributed by atoms with Crippen molar-refractivity contribution in [1.29, 1.82) is 0 Å². The van der Waals surface area contributed by atoms with Crippen LogP contribution in [0.1, 0.15) is 16.0 Å². The van der Waals surface area contributed by atoms with Gasteiger partial charge in [-0.2, -0.15) is 0 Å². The predicted octanol–water partition coefficient (Wildman–Crippen LogP) is 1.65. The summed E-state index contributed by atoms with van der Waals surface area (Å²) in [6.07, 6.45) is 1.34. The Hall–Kier alpha value is -3.07. The van der Waals surface area contributed by atoms with Gasteiger partial charge in [-0.3, -0.25) is 19.0 Å². The topological polar surface area (TPSA) is 93.1 Å². The molecule has 28 heavy (non-hydrogen) atoms. The lowest BCUT2D eigenvalue weighted by atomic mass is 10.2. The average molecular weight is 402 g/mol. The predicted molar refractivity (Wildman–Crippen MR) is 105 cm³/mol. The molecule has 7 nitrogen and oxygen atoms in total. The number of aryl methyl sites for hydroxylation is 2. The van der Waals surface area contributed by atoms with E-state index in [9.17, 15) is 18.8 Å². The standard InChI is InChI=1S/C19H19FN4O3S/c1-11-12(2)28-18-17(11)19(27)24(10-23-18)9-16(26)22-8-15(25)21-7-13-3-5-14(20)6-4-13/h3-6,10H,7-9H2,1-2H3,(H,21,25)(H,22,26). The Bertz CT molecular complexity index is 1090. The fourth-order valence-electron chi connectivity index (χ4n) is 2.64. The van der Waals surface area contributed by atoms with Crippen molar-refractivity contribution in [3.63, 3.8) is 0 Å². The lowest BCUT2D eigenvalue weighted by Gasteiger charge is -2.08. The molecular weight excluding hydrogens is 383 g/mol. The van der Waals surface area contributed by atoms with Crippen LogP contribution in [0.3, 0.4) is 0 Å². The molecule has 0 atom stereocenters. The largest absolute Gasteiger partial charge is 0.350 e. The molecule has 2 heterocycles. The van der Waals surface area contributed by atoms with E-state index in [1.54, 1.807) is 12.1 Å². The first-order valence-electron chi connectivity index (χ1n) is 8.58. The normalized spacial score (nSPS) is 10.8. The maximum atomic E-state index is 12.8. The van der Waals surface area contributed by atoms with Crippen LogP contribution in [-0.2, 0) is 22.7 Å². The summed E-state index contributed by atoms with van der Waals surface area (Å²) in [6.45, 7) is 3.56. The van der Waals surface area contributed by atoms with Gasteiger partial charge < -0.3 is 10.6 Å². The Balaban J connectivity index is 1.54. The molecule has 3 aromatic rings. The van der Waals surface area contributed by atoms with Gasteiger partial charge in [0.25, 0.3) is 5.56 Å². The van der Waals surface area contributed by atoms with Gasteiger partial charge in [-0.1, -0.05) is 12.1 Å². The van der Waals surface area contributed by atoms with E-state index in [0.717, 1.165) is 16.0 Å². The molecule has 0 saturated heterocycles. The highest BCUT2D eigenvalue weighted by Gasteiger charge is 2.14. The van der Waals surface area contributed by atoms with Gasteiger partial charge in [0.1, 0.15) is 17.2 Å². The number of benzene rings is 1. The Kier molecular flexibility index (Phi) is 5.84. The molecule has 0 aliphatic heterocycles. The molecule has 3 rings (SSSR count). The second kappa shape index (κ2) is 8.30. The van der Waals surface area contributed by atoms with E-state index >= 15 is 0 Å². The van der Waals surface area contributed by atoms with Gasteiger partial charge in [-0.05, 0) is 37.1 Å². The first-order valence-corrected chi connectivity index (χ1v) is 9.40. The number of halogens is 1. The zero-order valence-electron chi connectivity index (χ0n) is 15.4. The summed E-state index contributed by atoms with van der Waals surface area (Å²) in [5, 5.41) is 5.63. The molecule has 0 unspecified atom stereocenters. The number of rotatable bonds is 6. The van der Waals surface area contributed by atoms with Crippen molar-refractivity contribution in [3.8, 4) is 0 Å². The minimum absolute atomic E-state index is 0.221. The number of aromatic nitrogens is 2. The molecule has 0 aliphatic carbocycles. The summed E-state index contributed by atoms with van der Waals surface area (Å²) in [6, 6.07) is 5.75. The van der Waals surface area contributed by atoms with Gasteiger partial charge >= 0.3 is 0 Å². The van der Waals surface area contributed by atoms with Crippen molar-refractivity contribution in [3.05, 3.63) is 62.8 Å². The molecule has 1 aromatic carbocycles. The molecule has 0 spiro atoms. The van der Waals surface area contributed by atoms with E-state index in [-0.39, 0.29) is 36.9 Å². The molecule has 0 aliphatic rings. The minimum atomic E-state index is -0.468. The van der Waals surface area contributed by atoms with Crippen molar-refractivity contribution in [2.24, 2.45) is 0 Å². The average Bonchev–Trinajstić information content (AvgIpc) is 2.96. The highest BCUT2D eigenvalue weighted by Crippen LogP contribution is 2.25. The summed E-state index contributed by atoms with van der Waals surface area (Å²) in [5.74, 6) is -1.20. The number of carbonyl (C=O) groups is 2. The molecule has 0 saturated carbocycles. The number of carbonyl (C=O) groups excluding carboxylic acids is 2. The van der Waals surface area contributed by atoms with Crippen LogP contribution in [-0.4, -0.2) is 27.9 Å². The highest BCUT2D eigenvalue weighted by molar-refractivity contribution is 7.18.